The van der Waals surface area contributed by atoms with Gasteiger partial charge in [0.05, 0.1) is 23.5 Å². The van der Waals surface area contributed by atoms with Crippen LogP contribution in [0, 0.1) is 0 Å². The van der Waals surface area contributed by atoms with Gasteiger partial charge in [-0.3, -0.25) is 14.7 Å². The molecule has 0 unspecified atom stereocenters. The zero-order valence-electron chi connectivity index (χ0n) is 26.8. The lowest BCUT2D eigenvalue weighted by atomic mass is 9.97. The molecule has 1 aromatic heterocycles. The van der Waals surface area contributed by atoms with E-state index in [1.807, 2.05) is 72.1 Å². The van der Waals surface area contributed by atoms with E-state index >= 15 is 0 Å². The van der Waals surface area contributed by atoms with Gasteiger partial charge in [-0.1, -0.05) is 78.9 Å². The van der Waals surface area contributed by atoms with Crippen LogP contribution < -0.4 is 10.6 Å². The fourth-order valence-corrected chi connectivity index (χ4v) is 6.38. The third-order valence-electron chi connectivity index (χ3n) is 7.79. The van der Waals surface area contributed by atoms with Gasteiger partial charge in [-0.15, -0.1) is 0 Å². The number of benzene rings is 3. The van der Waals surface area contributed by atoms with Gasteiger partial charge in [-0.25, -0.2) is 9.59 Å². The second kappa shape index (κ2) is 15.2. The summed E-state index contributed by atoms with van der Waals surface area (Å²) >= 11 is 1.39. The normalized spacial score (nSPS) is 16.7. The molecule has 1 saturated heterocycles. The second-order valence-corrected chi connectivity index (χ2v) is 13.2. The Morgan fingerprint density at radius 1 is 0.979 bits per heavy atom. The van der Waals surface area contributed by atoms with Gasteiger partial charge in [-0.2, -0.15) is 11.3 Å². The summed E-state index contributed by atoms with van der Waals surface area (Å²) in [5, 5.41) is 20.1. The number of carbonyl (C=O) groups is 3. The molecule has 244 valence electrons. The van der Waals surface area contributed by atoms with Crippen LogP contribution in [0.4, 0.5) is 10.5 Å². The summed E-state index contributed by atoms with van der Waals surface area (Å²) in [6.07, 6.45) is 0.902. The summed E-state index contributed by atoms with van der Waals surface area (Å²) in [6.45, 7) is 6.71. The van der Waals surface area contributed by atoms with Crippen LogP contribution in [0.3, 0.4) is 0 Å². The second-order valence-electron chi connectivity index (χ2n) is 12.5. The molecular formula is C37H40N4O5S. The molecule has 0 spiro atoms. The molecule has 2 amide bonds. The number of likely N-dealkylation sites (tertiary alicyclic amines) is 1. The molecule has 0 saturated carbocycles. The van der Waals surface area contributed by atoms with Gasteiger partial charge in [-0.05, 0) is 74.2 Å². The number of anilines is 1. The van der Waals surface area contributed by atoms with Crippen molar-refractivity contribution in [2.24, 2.45) is 4.99 Å². The number of thiophene rings is 1. The van der Waals surface area contributed by atoms with Crippen molar-refractivity contribution in [1.82, 2.24) is 10.2 Å². The molecule has 0 aliphatic carbocycles. The van der Waals surface area contributed by atoms with E-state index < -0.39 is 29.7 Å². The predicted molar refractivity (Wildman–Crippen MR) is 185 cm³/mol. The van der Waals surface area contributed by atoms with E-state index in [-0.39, 0.29) is 11.9 Å². The average molecular weight is 653 g/mol. The van der Waals surface area contributed by atoms with E-state index in [2.05, 4.69) is 27.7 Å². The number of nitrogens with zero attached hydrogens (tertiary/aromatic N) is 2. The number of carboxylic acid groups (broad SMARTS) is 1. The predicted octanol–water partition coefficient (Wildman–Crippen LogP) is 6.91. The Bertz CT molecular complexity index is 1690. The minimum atomic E-state index is -1.42. The molecule has 5 rings (SSSR count). The van der Waals surface area contributed by atoms with Gasteiger partial charge >= 0.3 is 12.1 Å². The number of carboxylic acids is 1. The van der Waals surface area contributed by atoms with Crippen LogP contribution in [0.15, 0.2) is 107 Å². The number of hydrogen-bond donors (Lipinski definition) is 3. The van der Waals surface area contributed by atoms with Crippen molar-refractivity contribution in [3.8, 4) is 0 Å². The summed E-state index contributed by atoms with van der Waals surface area (Å²) in [5.74, 6) is -1.36. The molecule has 10 heteroatoms. The lowest BCUT2D eigenvalue weighted by molar-refractivity contribution is -0.139. The monoisotopic (exact) mass is 652 g/mol. The Labute approximate surface area is 279 Å². The van der Waals surface area contributed by atoms with Gasteiger partial charge in [0.15, 0.2) is 6.04 Å². The Hall–Kier alpha value is -4.80. The first kappa shape index (κ1) is 33.6. The maximum atomic E-state index is 13.8. The first-order chi connectivity index (χ1) is 22.6. The third-order valence-corrected chi connectivity index (χ3v) is 8.50. The van der Waals surface area contributed by atoms with Crippen molar-refractivity contribution >= 4 is 40.7 Å². The molecule has 3 atom stereocenters. The van der Waals surface area contributed by atoms with Crippen LogP contribution in [0.1, 0.15) is 61.9 Å². The largest absolute Gasteiger partial charge is 0.480 e. The highest BCUT2D eigenvalue weighted by Crippen LogP contribution is 2.28. The van der Waals surface area contributed by atoms with E-state index in [0.29, 0.717) is 34.6 Å². The van der Waals surface area contributed by atoms with Crippen LogP contribution in [-0.4, -0.2) is 57.9 Å². The Morgan fingerprint density at radius 3 is 2.32 bits per heavy atom. The molecular weight excluding hydrogens is 612 g/mol. The van der Waals surface area contributed by atoms with Crippen molar-refractivity contribution in [3.63, 3.8) is 0 Å². The van der Waals surface area contributed by atoms with Crippen molar-refractivity contribution in [2.75, 3.05) is 11.9 Å². The summed E-state index contributed by atoms with van der Waals surface area (Å²) in [4.78, 5) is 46.7. The molecule has 0 radical (unpaired) electrons. The van der Waals surface area contributed by atoms with Crippen LogP contribution >= 0.6 is 11.3 Å². The molecule has 3 N–H and O–H groups in total. The highest BCUT2D eigenvalue weighted by Gasteiger charge is 2.34. The van der Waals surface area contributed by atoms with Crippen LogP contribution in [0.5, 0.6) is 0 Å². The summed E-state index contributed by atoms with van der Waals surface area (Å²) in [7, 11) is 0. The molecule has 0 bridgehead atoms. The molecule has 47 heavy (non-hydrogen) atoms. The van der Waals surface area contributed by atoms with Crippen LogP contribution in [0.2, 0.25) is 0 Å². The fraction of sp³-hybridized carbons (Fsp3) is 0.297. The number of alkyl carbamates (subject to hydrolysis) is 1. The zero-order chi connectivity index (χ0) is 33.4. The molecule has 2 heterocycles. The highest BCUT2D eigenvalue weighted by atomic mass is 32.1. The van der Waals surface area contributed by atoms with Crippen molar-refractivity contribution < 1.29 is 24.2 Å². The lowest BCUT2D eigenvalue weighted by Crippen LogP contribution is -2.42. The van der Waals surface area contributed by atoms with E-state index in [0.717, 1.165) is 24.9 Å². The SMILES string of the molecule is CC(C)(C)OC(=O)N[C@H](c1ccsc1)[C@H](N=C(c1ccccc1)c1ccccc1NC(=O)[C@@H]1CCCN1Cc1ccccc1)C(=O)O. The zero-order valence-corrected chi connectivity index (χ0v) is 27.6. The van der Waals surface area contributed by atoms with Crippen molar-refractivity contribution in [2.45, 2.75) is 63.9 Å². The Morgan fingerprint density at radius 2 is 1.66 bits per heavy atom. The number of hydrogen-bond acceptors (Lipinski definition) is 7. The van der Waals surface area contributed by atoms with Crippen molar-refractivity contribution in [3.05, 3.63) is 124 Å². The van der Waals surface area contributed by atoms with Gasteiger partial charge < -0.3 is 20.5 Å². The van der Waals surface area contributed by atoms with E-state index in [1.165, 1.54) is 11.3 Å². The molecule has 9 nitrogen and oxygen atoms in total. The number of para-hydroxylation sites is 1. The molecule has 4 aromatic rings. The van der Waals surface area contributed by atoms with Gasteiger partial charge in [0.25, 0.3) is 0 Å². The fourth-order valence-electron chi connectivity index (χ4n) is 5.68. The highest BCUT2D eigenvalue weighted by molar-refractivity contribution is 7.08. The topological polar surface area (TPSA) is 120 Å². The standard InChI is InChI=1S/C37H40N4O5S/c1-37(2,3)46-36(45)40-32(27-20-22-47-24-27)33(35(43)44)39-31(26-15-8-5-9-16-26)28-17-10-11-18-29(28)38-34(42)30-19-12-21-41(30)23-25-13-6-4-7-14-25/h4-11,13-18,20,22,24,30,32-33H,12,19,21,23H2,1-3H3,(H,38,42)(H,40,45)(H,43,44)/t30-,32+,33-/m0/s1. The minimum Gasteiger partial charge on any atom is -0.480 e. The number of rotatable bonds is 11. The van der Waals surface area contributed by atoms with Crippen molar-refractivity contribution in [1.29, 1.82) is 0 Å². The number of amides is 2. The minimum absolute atomic E-state index is 0.129. The first-order valence-corrected chi connectivity index (χ1v) is 16.6. The lowest BCUT2D eigenvalue weighted by Gasteiger charge is -2.26. The number of aliphatic carboxylic acids is 1. The van der Waals surface area contributed by atoms with E-state index in [1.54, 1.807) is 38.3 Å². The first-order valence-electron chi connectivity index (χ1n) is 15.6. The van der Waals surface area contributed by atoms with E-state index in [4.69, 9.17) is 9.73 Å². The number of nitrogens with one attached hydrogen (secondary N) is 2. The Kier molecular flexibility index (Phi) is 10.8. The number of ether oxygens (including phenoxy) is 1. The van der Waals surface area contributed by atoms with Gasteiger partial charge in [0, 0.05) is 17.7 Å². The molecule has 3 aromatic carbocycles. The third kappa shape index (κ3) is 8.93. The number of aliphatic imine (C=N–C) groups is 1. The maximum absolute atomic E-state index is 13.8. The van der Waals surface area contributed by atoms with Crippen LogP contribution in [0.25, 0.3) is 0 Å². The smallest absolute Gasteiger partial charge is 0.408 e. The summed E-state index contributed by atoms with van der Waals surface area (Å²) in [6, 6.07) is 25.6. The Balaban J connectivity index is 1.51. The van der Waals surface area contributed by atoms with Crippen LogP contribution in [-0.2, 0) is 20.9 Å². The van der Waals surface area contributed by atoms with Gasteiger partial charge in [0.1, 0.15) is 5.60 Å². The molecule has 1 fully saturated rings. The summed E-state index contributed by atoms with van der Waals surface area (Å²) in [5.41, 5.74) is 3.06. The maximum Gasteiger partial charge on any atom is 0.408 e. The van der Waals surface area contributed by atoms with E-state index in [9.17, 15) is 19.5 Å². The molecule has 1 aliphatic heterocycles. The summed E-state index contributed by atoms with van der Waals surface area (Å²) < 4.78 is 5.49. The quantitative estimate of drug-likeness (QED) is 0.152. The molecule has 1 aliphatic rings. The average Bonchev–Trinajstić information content (AvgIpc) is 3.74. The number of carbonyl (C=O) groups excluding carboxylic acids is 2. The van der Waals surface area contributed by atoms with Gasteiger partial charge in [0.2, 0.25) is 5.91 Å².